The van der Waals surface area contributed by atoms with E-state index in [1.807, 2.05) is 45.9 Å². The van der Waals surface area contributed by atoms with Crippen molar-refractivity contribution in [1.29, 1.82) is 0 Å². The summed E-state index contributed by atoms with van der Waals surface area (Å²) in [6.45, 7) is 2.41. The Balaban J connectivity index is 1.16. The summed E-state index contributed by atoms with van der Waals surface area (Å²) in [6.07, 6.45) is 0.220. The van der Waals surface area contributed by atoms with Crippen molar-refractivity contribution in [1.82, 2.24) is 23.8 Å². The zero-order valence-corrected chi connectivity index (χ0v) is 24.7. The van der Waals surface area contributed by atoms with Gasteiger partial charge >= 0.3 is 5.97 Å². The molecule has 10 nitrogen and oxygen atoms in total. The molecular formula is C32H28F2N6O4S. The van der Waals surface area contributed by atoms with Crippen molar-refractivity contribution in [2.45, 2.75) is 25.3 Å². The van der Waals surface area contributed by atoms with Gasteiger partial charge in [-0.05, 0) is 48.6 Å². The largest absolute Gasteiger partial charge is 0.508 e. The predicted octanol–water partition coefficient (Wildman–Crippen LogP) is 4.99. The number of benzene rings is 3. The molecule has 5 aromatic rings. The second-order valence-electron chi connectivity index (χ2n) is 11.3. The number of pyridine rings is 1. The summed E-state index contributed by atoms with van der Waals surface area (Å²) >= 11 is 5.86. The van der Waals surface area contributed by atoms with Crippen molar-refractivity contribution in [3.63, 3.8) is 0 Å². The van der Waals surface area contributed by atoms with Crippen LogP contribution in [0.15, 0.2) is 77.7 Å². The van der Waals surface area contributed by atoms with Gasteiger partial charge in [0.2, 0.25) is 10.2 Å². The van der Waals surface area contributed by atoms with Gasteiger partial charge in [-0.3, -0.25) is 14.3 Å². The molecule has 0 radical (unpaired) electrons. The van der Waals surface area contributed by atoms with E-state index in [0.717, 1.165) is 11.8 Å². The number of aromatic nitrogens is 4. The highest BCUT2D eigenvalue weighted by Gasteiger charge is 2.40. The Morgan fingerprint density at radius 1 is 1.02 bits per heavy atom. The minimum atomic E-state index is -1.44. The van der Waals surface area contributed by atoms with Crippen LogP contribution in [0.25, 0.3) is 28.0 Å². The fraction of sp³-hybridized carbons (Fsp3) is 0.250. The number of hydrogen-bond donors (Lipinski definition) is 2. The molecule has 2 fully saturated rings. The number of alkyl halides is 1. The van der Waals surface area contributed by atoms with E-state index in [9.17, 15) is 24.2 Å². The number of carbonyl (C=O) groups is 1. The molecule has 0 bridgehead atoms. The zero-order valence-electron chi connectivity index (χ0n) is 23.9. The maximum atomic E-state index is 15.5. The van der Waals surface area contributed by atoms with Crippen LogP contribution >= 0.6 is 12.2 Å². The van der Waals surface area contributed by atoms with Crippen LogP contribution in [0.4, 0.5) is 14.5 Å². The van der Waals surface area contributed by atoms with E-state index in [0.29, 0.717) is 54.5 Å². The molecule has 2 aromatic heterocycles. The van der Waals surface area contributed by atoms with Crippen molar-refractivity contribution < 1.29 is 23.8 Å². The number of aromatic hydroxyl groups is 1. The lowest BCUT2D eigenvalue weighted by Gasteiger charge is -2.36. The Bertz CT molecular complexity index is 2070. The second-order valence-corrected chi connectivity index (χ2v) is 11.7. The molecule has 13 heteroatoms. The number of para-hydroxylation sites is 1. The Morgan fingerprint density at radius 3 is 2.42 bits per heavy atom. The van der Waals surface area contributed by atoms with E-state index in [1.165, 1.54) is 16.8 Å². The number of piperazine rings is 1. The van der Waals surface area contributed by atoms with E-state index in [2.05, 4.69) is 4.90 Å². The lowest BCUT2D eigenvalue weighted by Crippen LogP contribution is -2.47. The first-order valence-electron chi connectivity index (χ1n) is 14.5. The Kier molecular flexibility index (Phi) is 7.21. The highest BCUT2D eigenvalue weighted by Crippen LogP contribution is 2.41. The van der Waals surface area contributed by atoms with Crippen LogP contribution in [0, 0.1) is 10.6 Å². The van der Waals surface area contributed by atoms with Gasteiger partial charge in [-0.15, -0.1) is 5.10 Å². The van der Waals surface area contributed by atoms with Crippen LogP contribution in [-0.2, 0) is 6.67 Å². The normalized spacial score (nSPS) is 18.4. The van der Waals surface area contributed by atoms with Crippen molar-refractivity contribution in [3.05, 3.63) is 99.3 Å². The lowest BCUT2D eigenvalue weighted by atomic mass is 10.1. The third-order valence-electron chi connectivity index (χ3n) is 8.37. The van der Waals surface area contributed by atoms with E-state index in [-0.39, 0.29) is 23.2 Å². The fourth-order valence-corrected chi connectivity index (χ4v) is 6.22. The van der Waals surface area contributed by atoms with Gasteiger partial charge in [0.25, 0.3) is 0 Å². The molecule has 7 rings (SSSR count). The standard InChI is InChI=1S/C32H28F2N6O4S/c33-24-14-22-26(38(28-15-25(28)34)17-23(29(22)42)31(43)44)16-27(24)37-11-9-36(10-12-37)18-39-32(45)40(20-6-2-1-3-7-20)30(35-39)19-5-4-8-21(41)13-19/h1-8,13-14,16-17,25,28,41H,9-12,15,18H2,(H,43,44)/t25-,28+/m0/s1. The summed E-state index contributed by atoms with van der Waals surface area (Å²) < 4.78 is 35.1. The van der Waals surface area contributed by atoms with Crippen LogP contribution in [-0.4, -0.2) is 72.3 Å². The number of anilines is 1. The maximum Gasteiger partial charge on any atom is 0.341 e. The summed E-state index contributed by atoms with van der Waals surface area (Å²) in [6, 6.07) is 18.4. The average molecular weight is 631 g/mol. The first-order chi connectivity index (χ1) is 21.7. The van der Waals surface area contributed by atoms with Crippen LogP contribution in [0.5, 0.6) is 5.75 Å². The number of rotatable bonds is 7. The van der Waals surface area contributed by atoms with E-state index < -0.39 is 35.0 Å². The summed E-state index contributed by atoms with van der Waals surface area (Å²) in [5, 5.41) is 24.4. The number of phenolic OH excluding ortho intramolecular Hbond substituents is 1. The molecule has 2 atom stereocenters. The molecule has 3 aromatic carbocycles. The third-order valence-corrected chi connectivity index (χ3v) is 8.77. The highest BCUT2D eigenvalue weighted by atomic mass is 32.1. The molecule has 230 valence electrons. The number of phenols is 1. The van der Waals surface area contributed by atoms with E-state index >= 15 is 4.39 Å². The van der Waals surface area contributed by atoms with Gasteiger partial charge in [0.15, 0.2) is 5.82 Å². The van der Waals surface area contributed by atoms with E-state index in [4.69, 9.17) is 17.3 Å². The Morgan fingerprint density at radius 2 is 1.76 bits per heavy atom. The minimum absolute atomic E-state index is 0.0835. The molecular weight excluding hydrogens is 602 g/mol. The number of carboxylic acid groups (broad SMARTS) is 1. The number of halogens is 2. The quantitative estimate of drug-likeness (QED) is 0.242. The average Bonchev–Trinajstić information content (AvgIpc) is 3.67. The molecule has 1 aliphatic carbocycles. The van der Waals surface area contributed by atoms with Crippen LogP contribution in [0.1, 0.15) is 22.8 Å². The SMILES string of the molecule is O=C(O)c1cn([C@@H]2C[C@@H]2F)c2cc(N3CCN(Cn4nc(-c5cccc(O)c5)n(-c5ccccc5)c4=S)CC3)c(F)cc2c1=O. The molecule has 3 heterocycles. The second kappa shape index (κ2) is 11.2. The maximum absolute atomic E-state index is 15.5. The van der Waals surface area contributed by atoms with Gasteiger partial charge in [0, 0.05) is 55.4 Å². The lowest BCUT2D eigenvalue weighted by molar-refractivity contribution is 0.0694. The summed E-state index contributed by atoms with van der Waals surface area (Å²) in [5.41, 5.74) is 0.819. The molecule has 1 saturated heterocycles. The number of hydrogen-bond acceptors (Lipinski definition) is 7. The molecule has 45 heavy (non-hydrogen) atoms. The van der Waals surface area contributed by atoms with Gasteiger partial charge in [0.1, 0.15) is 23.3 Å². The van der Waals surface area contributed by atoms with Gasteiger partial charge < -0.3 is 19.7 Å². The highest BCUT2D eigenvalue weighted by molar-refractivity contribution is 7.71. The number of carboxylic acids is 1. The molecule has 0 unspecified atom stereocenters. The van der Waals surface area contributed by atoms with Crippen molar-refractivity contribution in [2.75, 3.05) is 31.1 Å². The first kappa shape index (κ1) is 28.9. The Labute approximate surface area is 260 Å². The summed E-state index contributed by atoms with van der Waals surface area (Å²) in [5.74, 6) is -1.38. The fourth-order valence-electron chi connectivity index (χ4n) is 5.93. The summed E-state index contributed by atoms with van der Waals surface area (Å²) in [4.78, 5) is 28.5. The zero-order chi connectivity index (χ0) is 31.4. The minimum Gasteiger partial charge on any atom is -0.508 e. The van der Waals surface area contributed by atoms with Crippen molar-refractivity contribution in [2.24, 2.45) is 0 Å². The predicted molar refractivity (Wildman–Crippen MR) is 167 cm³/mol. The number of fused-ring (bicyclic) bond motifs is 1. The topological polar surface area (TPSA) is 109 Å². The number of nitrogens with zero attached hydrogens (tertiary/aromatic N) is 6. The van der Waals surface area contributed by atoms with Crippen molar-refractivity contribution in [3.8, 4) is 22.8 Å². The van der Waals surface area contributed by atoms with Crippen LogP contribution < -0.4 is 10.3 Å². The first-order valence-corrected chi connectivity index (χ1v) is 14.9. The molecule has 0 spiro atoms. The summed E-state index contributed by atoms with van der Waals surface area (Å²) in [7, 11) is 0. The van der Waals surface area contributed by atoms with E-state index in [1.54, 1.807) is 22.9 Å². The molecule has 2 N–H and O–H groups in total. The number of aromatic carboxylic acids is 1. The van der Waals surface area contributed by atoms with Crippen LogP contribution in [0.2, 0.25) is 0 Å². The third kappa shape index (κ3) is 5.27. The molecule has 1 saturated carbocycles. The van der Waals surface area contributed by atoms with Gasteiger partial charge in [-0.25, -0.2) is 18.3 Å². The monoisotopic (exact) mass is 630 g/mol. The smallest absolute Gasteiger partial charge is 0.341 e. The Hall–Kier alpha value is -4.88. The molecule has 2 aliphatic rings. The van der Waals surface area contributed by atoms with Gasteiger partial charge in [0.05, 0.1) is 23.9 Å². The van der Waals surface area contributed by atoms with Crippen LogP contribution in [0.3, 0.4) is 0 Å². The molecule has 0 amide bonds. The van der Waals surface area contributed by atoms with Gasteiger partial charge in [-0.2, -0.15) is 0 Å². The molecule has 1 aliphatic heterocycles. The van der Waals surface area contributed by atoms with Gasteiger partial charge in [-0.1, -0.05) is 30.3 Å². The van der Waals surface area contributed by atoms with Crippen molar-refractivity contribution >= 4 is 34.8 Å².